The van der Waals surface area contributed by atoms with Gasteiger partial charge in [-0.05, 0) is 31.0 Å². The third-order valence-corrected chi connectivity index (χ3v) is 4.20. The zero-order valence-electron chi connectivity index (χ0n) is 13.4. The SMILES string of the molecule is O=C(c1ccc2nc[nH]c2c1)N1CCCC(Oc2ncc(F)cn2)C1. The van der Waals surface area contributed by atoms with Gasteiger partial charge in [0.25, 0.3) is 5.91 Å². The van der Waals surface area contributed by atoms with Crippen LogP contribution in [0.3, 0.4) is 0 Å². The minimum Gasteiger partial charge on any atom is -0.458 e. The first-order valence-corrected chi connectivity index (χ1v) is 8.05. The van der Waals surface area contributed by atoms with Gasteiger partial charge in [-0.2, -0.15) is 0 Å². The Balaban J connectivity index is 1.46. The molecule has 3 heterocycles. The van der Waals surface area contributed by atoms with Crippen molar-refractivity contribution >= 4 is 16.9 Å². The summed E-state index contributed by atoms with van der Waals surface area (Å²) in [5.41, 5.74) is 2.26. The van der Waals surface area contributed by atoms with E-state index in [1.165, 1.54) is 0 Å². The number of carbonyl (C=O) groups is 1. The molecule has 0 aliphatic carbocycles. The van der Waals surface area contributed by atoms with E-state index in [2.05, 4.69) is 19.9 Å². The van der Waals surface area contributed by atoms with Crippen LogP contribution in [0.4, 0.5) is 4.39 Å². The summed E-state index contributed by atoms with van der Waals surface area (Å²) < 4.78 is 18.6. The lowest BCUT2D eigenvalue weighted by Crippen LogP contribution is -2.44. The number of aromatic amines is 1. The Bertz CT molecular complexity index is 895. The Morgan fingerprint density at radius 2 is 2.12 bits per heavy atom. The molecule has 1 fully saturated rings. The van der Waals surface area contributed by atoms with Crippen molar-refractivity contribution in [2.45, 2.75) is 18.9 Å². The second-order valence-electron chi connectivity index (χ2n) is 5.95. The van der Waals surface area contributed by atoms with Gasteiger partial charge in [-0.3, -0.25) is 4.79 Å². The van der Waals surface area contributed by atoms with Gasteiger partial charge in [0.15, 0.2) is 5.82 Å². The molecule has 3 aromatic rings. The van der Waals surface area contributed by atoms with Gasteiger partial charge < -0.3 is 14.6 Å². The van der Waals surface area contributed by atoms with Gasteiger partial charge in [0, 0.05) is 12.1 Å². The summed E-state index contributed by atoms with van der Waals surface area (Å²) in [5.74, 6) is -0.563. The van der Waals surface area contributed by atoms with Crippen LogP contribution in [0.15, 0.2) is 36.9 Å². The molecule has 1 saturated heterocycles. The molecule has 2 aromatic heterocycles. The van der Waals surface area contributed by atoms with E-state index in [1.54, 1.807) is 23.4 Å². The normalized spacial score (nSPS) is 17.6. The van der Waals surface area contributed by atoms with Crippen molar-refractivity contribution in [1.82, 2.24) is 24.8 Å². The average Bonchev–Trinajstić information content (AvgIpc) is 3.11. The first-order chi connectivity index (χ1) is 12.2. The Hall–Kier alpha value is -3.03. The van der Waals surface area contributed by atoms with Crippen molar-refractivity contribution in [3.8, 4) is 6.01 Å². The third kappa shape index (κ3) is 3.28. The molecule has 1 atom stereocenters. The number of rotatable bonds is 3. The summed E-state index contributed by atoms with van der Waals surface area (Å²) in [7, 11) is 0. The van der Waals surface area contributed by atoms with Gasteiger partial charge >= 0.3 is 6.01 Å². The number of likely N-dealkylation sites (tertiary alicyclic amines) is 1. The summed E-state index contributed by atoms with van der Waals surface area (Å²) >= 11 is 0. The van der Waals surface area contributed by atoms with Crippen LogP contribution >= 0.6 is 0 Å². The maximum absolute atomic E-state index is 12.9. The quantitative estimate of drug-likeness (QED) is 0.789. The highest BCUT2D eigenvalue weighted by Gasteiger charge is 2.26. The van der Waals surface area contributed by atoms with Crippen molar-refractivity contribution < 1.29 is 13.9 Å². The van der Waals surface area contributed by atoms with Crippen LogP contribution in [-0.2, 0) is 0 Å². The summed E-state index contributed by atoms with van der Waals surface area (Å²) in [5, 5.41) is 0. The van der Waals surface area contributed by atoms with E-state index in [-0.39, 0.29) is 18.0 Å². The number of H-pyrrole nitrogens is 1. The molecular formula is C17H16FN5O2. The lowest BCUT2D eigenvalue weighted by molar-refractivity contribution is 0.0515. The predicted octanol–water partition coefficient (Wildman–Crippen LogP) is 2.18. The maximum Gasteiger partial charge on any atom is 0.316 e. The Labute approximate surface area is 142 Å². The topological polar surface area (TPSA) is 84.0 Å². The van der Waals surface area contributed by atoms with Crippen LogP contribution < -0.4 is 4.74 Å². The summed E-state index contributed by atoms with van der Waals surface area (Å²) in [6, 6.07) is 5.53. The van der Waals surface area contributed by atoms with Crippen LogP contribution in [-0.4, -0.2) is 49.9 Å². The lowest BCUT2D eigenvalue weighted by Gasteiger charge is -2.32. The van der Waals surface area contributed by atoms with Crippen LogP contribution in [0.1, 0.15) is 23.2 Å². The Morgan fingerprint density at radius 1 is 1.28 bits per heavy atom. The standard InChI is InChI=1S/C17H16FN5O2/c18-12-7-19-17(20-8-12)25-13-2-1-5-23(9-13)16(24)11-3-4-14-15(6-11)22-10-21-14/h3-4,6-8,10,13H,1-2,5,9H2,(H,21,22). The van der Waals surface area contributed by atoms with Crippen LogP contribution in [0.5, 0.6) is 6.01 Å². The molecular weight excluding hydrogens is 325 g/mol. The number of benzene rings is 1. The van der Waals surface area contributed by atoms with E-state index in [4.69, 9.17) is 4.74 Å². The number of fused-ring (bicyclic) bond motifs is 1. The number of aromatic nitrogens is 4. The van der Waals surface area contributed by atoms with Gasteiger partial charge in [0.1, 0.15) is 6.10 Å². The molecule has 8 heteroatoms. The van der Waals surface area contributed by atoms with Gasteiger partial charge in [-0.1, -0.05) is 0 Å². The van der Waals surface area contributed by atoms with E-state index in [0.29, 0.717) is 18.7 Å². The van der Waals surface area contributed by atoms with Crippen LogP contribution in [0.25, 0.3) is 11.0 Å². The molecule has 0 saturated carbocycles. The average molecular weight is 341 g/mol. The first kappa shape index (κ1) is 15.5. The van der Waals surface area contributed by atoms with E-state index in [9.17, 15) is 9.18 Å². The number of nitrogens with zero attached hydrogens (tertiary/aromatic N) is 4. The van der Waals surface area contributed by atoms with Gasteiger partial charge in [0.05, 0.1) is 36.3 Å². The molecule has 1 N–H and O–H groups in total. The predicted molar refractivity (Wildman–Crippen MR) is 87.6 cm³/mol. The largest absolute Gasteiger partial charge is 0.458 e. The third-order valence-electron chi connectivity index (χ3n) is 4.20. The Morgan fingerprint density at radius 3 is 2.96 bits per heavy atom. The van der Waals surface area contributed by atoms with Crippen molar-refractivity contribution in [1.29, 1.82) is 0 Å². The van der Waals surface area contributed by atoms with Crippen molar-refractivity contribution in [3.63, 3.8) is 0 Å². The molecule has 1 aliphatic heterocycles. The van der Waals surface area contributed by atoms with Crippen LogP contribution in [0.2, 0.25) is 0 Å². The zero-order chi connectivity index (χ0) is 17.2. The molecule has 25 heavy (non-hydrogen) atoms. The second kappa shape index (κ2) is 6.46. The molecule has 4 rings (SSSR count). The molecule has 1 amide bonds. The smallest absolute Gasteiger partial charge is 0.316 e. The molecule has 0 bridgehead atoms. The maximum atomic E-state index is 12.9. The molecule has 1 aromatic carbocycles. The number of piperidine rings is 1. The monoisotopic (exact) mass is 341 g/mol. The van der Waals surface area contributed by atoms with Gasteiger partial charge in [-0.15, -0.1) is 0 Å². The molecule has 0 spiro atoms. The van der Waals surface area contributed by atoms with E-state index in [1.807, 2.05) is 6.07 Å². The highest BCUT2D eigenvalue weighted by atomic mass is 19.1. The summed E-state index contributed by atoms with van der Waals surface area (Å²) in [6.45, 7) is 1.12. The summed E-state index contributed by atoms with van der Waals surface area (Å²) in [4.78, 5) is 29.3. The Kier molecular flexibility index (Phi) is 4.01. The number of imidazole rings is 1. The van der Waals surface area contributed by atoms with Crippen molar-refractivity contribution in [3.05, 3.63) is 48.3 Å². The minimum atomic E-state index is -0.512. The molecule has 1 aliphatic rings. The number of amides is 1. The molecule has 1 unspecified atom stereocenters. The number of hydrogen-bond donors (Lipinski definition) is 1. The highest BCUT2D eigenvalue weighted by molar-refractivity contribution is 5.97. The summed E-state index contributed by atoms with van der Waals surface area (Å²) in [6.07, 6.45) is 5.14. The zero-order valence-corrected chi connectivity index (χ0v) is 13.4. The fourth-order valence-electron chi connectivity index (χ4n) is 2.98. The van der Waals surface area contributed by atoms with Crippen molar-refractivity contribution in [2.24, 2.45) is 0 Å². The fourth-order valence-corrected chi connectivity index (χ4v) is 2.98. The number of nitrogens with one attached hydrogen (secondary N) is 1. The number of ether oxygens (including phenoxy) is 1. The molecule has 128 valence electrons. The van der Waals surface area contributed by atoms with Crippen molar-refractivity contribution in [2.75, 3.05) is 13.1 Å². The lowest BCUT2D eigenvalue weighted by atomic mass is 10.1. The second-order valence-corrected chi connectivity index (χ2v) is 5.95. The highest BCUT2D eigenvalue weighted by Crippen LogP contribution is 2.19. The van der Waals surface area contributed by atoms with E-state index < -0.39 is 5.82 Å². The fraction of sp³-hybridized carbons (Fsp3) is 0.294. The number of hydrogen-bond acceptors (Lipinski definition) is 5. The molecule has 7 nitrogen and oxygen atoms in total. The first-order valence-electron chi connectivity index (χ1n) is 8.05. The van der Waals surface area contributed by atoms with E-state index >= 15 is 0 Å². The van der Waals surface area contributed by atoms with Gasteiger partial charge in [0.2, 0.25) is 0 Å². The van der Waals surface area contributed by atoms with Gasteiger partial charge in [-0.25, -0.2) is 19.3 Å². The van der Waals surface area contributed by atoms with E-state index in [0.717, 1.165) is 36.3 Å². The minimum absolute atomic E-state index is 0.0511. The number of carbonyl (C=O) groups excluding carboxylic acids is 1. The van der Waals surface area contributed by atoms with Crippen LogP contribution in [0, 0.1) is 5.82 Å². The molecule has 0 radical (unpaired) electrons. The number of halogens is 1.